The van der Waals surface area contributed by atoms with Crippen molar-refractivity contribution in [1.29, 1.82) is 0 Å². The number of imidazole rings is 1. The molecule has 1 aromatic rings. The van der Waals surface area contributed by atoms with Gasteiger partial charge >= 0.3 is 0 Å². The molecule has 102 valence electrons. The van der Waals surface area contributed by atoms with Crippen LogP contribution in [0.2, 0.25) is 0 Å². The SMILES string of the molecule is CCCNC(Cc1nccn1C)C1CCOC1C. The zero-order valence-electron chi connectivity index (χ0n) is 11.7. The van der Waals surface area contributed by atoms with Crippen LogP contribution < -0.4 is 5.32 Å². The van der Waals surface area contributed by atoms with Crippen molar-refractivity contribution in [3.05, 3.63) is 18.2 Å². The number of hydrogen-bond acceptors (Lipinski definition) is 3. The van der Waals surface area contributed by atoms with E-state index in [1.807, 2.05) is 12.4 Å². The standard InChI is InChI=1S/C14H25N3O/c1-4-6-15-13(12-5-9-18-11(12)2)10-14-16-7-8-17(14)3/h7-8,11-13,15H,4-6,9-10H2,1-3H3. The van der Waals surface area contributed by atoms with Gasteiger partial charge in [-0.3, -0.25) is 0 Å². The molecule has 0 radical (unpaired) electrons. The summed E-state index contributed by atoms with van der Waals surface area (Å²) in [6.07, 6.45) is 7.56. The maximum atomic E-state index is 5.71. The van der Waals surface area contributed by atoms with Gasteiger partial charge in [0.15, 0.2) is 0 Å². The maximum Gasteiger partial charge on any atom is 0.109 e. The first kappa shape index (κ1) is 13.6. The van der Waals surface area contributed by atoms with E-state index in [4.69, 9.17) is 4.74 Å². The molecule has 0 aliphatic carbocycles. The fourth-order valence-corrected chi connectivity index (χ4v) is 2.77. The van der Waals surface area contributed by atoms with Crippen LogP contribution in [0.1, 0.15) is 32.5 Å². The molecule has 2 rings (SSSR count). The minimum absolute atomic E-state index is 0.361. The summed E-state index contributed by atoms with van der Waals surface area (Å²) in [7, 11) is 2.06. The van der Waals surface area contributed by atoms with Gasteiger partial charge in [0.2, 0.25) is 0 Å². The van der Waals surface area contributed by atoms with Crippen molar-refractivity contribution in [3.8, 4) is 0 Å². The van der Waals surface area contributed by atoms with E-state index in [2.05, 4.69) is 35.8 Å². The molecule has 1 aliphatic heterocycles. The molecule has 0 amide bonds. The molecule has 3 atom stereocenters. The van der Waals surface area contributed by atoms with Crippen LogP contribution in [0.3, 0.4) is 0 Å². The number of nitrogens with one attached hydrogen (secondary N) is 1. The van der Waals surface area contributed by atoms with Crippen LogP contribution in [0.5, 0.6) is 0 Å². The van der Waals surface area contributed by atoms with E-state index in [-0.39, 0.29) is 0 Å². The molecular weight excluding hydrogens is 226 g/mol. The third-order valence-corrected chi connectivity index (χ3v) is 3.93. The second-order valence-electron chi connectivity index (χ2n) is 5.25. The summed E-state index contributed by atoms with van der Waals surface area (Å²) in [5.41, 5.74) is 0. The Balaban J connectivity index is 2.02. The van der Waals surface area contributed by atoms with Crippen LogP contribution in [0, 0.1) is 5.92 Å². The normalized spacial score (nSPS) is 25.5. The van der Waals surface area contributed by atoms with Gasteiger partial charge in [0.05, 0.1) is 6.10 Å². The Morgan fingerprint density at radius 3 is 3.00 bits per heavy atom. The molecule has 0 aromatic carbocycles. The van der Waals surface area contributed by atoms with Gasteiger partial charge in [0, 0.05) is 44.4 Å². The largest absolute Gasteiger partial charge is 0.378 e. The highest BCUT2D eigenvalue weighted by Gasteiger charge is 2.32. The smallest absolute Gasteiger partial charge is 0.109 e. The third-order valence-electron chi connectivity index (χ3n) is 3.93. The summed E-state index contributed by atoms with van der Waals surface area (Å²) < 4.78 is 7.82. The first-order valence-electron chi connectivity index (χ1n) is 7.03. The fourth-order valence-electron chi connectivity index (χ4n) is 2.77. The molecule has 4 heteroatoms. The Morgan fingerprint density at radius 1 is 1.61 bits per heavy atom. The van der Waals surface area contributed by atoms with Gasteiger partial charge in [-0.05, 0) is 26.3 Å². The van der Waals surface area contributed by atoms with Gasteiger partial charge in [-0.1, -0.05) is 6.92 Å². The lowest BCUT2D eigenvalue weighted by molar-refractivity contribution is 0.0950. The maximum absolute atomic E-state index is 5.71. The topological polar surface area (TPSA) is 39.1 Å². The van der Waals surface area contributed by atoms with Crippen molar-refractivity contribution in [3.63, 3.8) is 0 Å². The average Bonchev–Trinajstić information content (AvgIpc) is 2.94. The van der Waals surface area contributed by atoms with Crippen molar-refractivity contribution in [2.24, 2.45) is 13.0 Å². The summed E-state index contributed by atoms with van der Waals surface area (Å²) in [5, 5.41) is 3.67. The highest BCUT2D eigenvalue weighted by molar-refractivity contribution is 4.97. The minimum Gasteiger partial charge on any atom is -0.378 e. The molecule has 2 heterocycles. The molecule has 1 aromatic heterocycles. The second kappa shape index (κ2) is 6.34. The lowest BCUT2D eigenvalue weighted by atomic mass is 9.91. The lowest BCUT2D eigenvalue weighted by Crippen LogP contribution is -2.41. The van der Waals surface area contributed by atoms with Gasteiger partial charge in [-0.2, -0.15) is 0 Å². The van der Waals surface area contributed by atoms with Crippen LogP contribution >= 0.6 is 0 Å². The zero-order chi connectivity index (χ0) is 13.0. The van der Waals surface area contributed by atoms with E-state index in [1.54, 1.807) is 0 Å². The number of aryl methyl sites for hydroxylation is 1. The predicted octanol–water partition coefficient (Wildman–Crippen LogP) is 1.76. The first-order chi connectivity index (χ1) is 8.72. The molecule has 4 nitrogen and oxygen atoms in total. The molecule has 1 aliphatic rings. The van der Waals surface area contributed by atoms with Gasteiger partial charge < -0.3 is 14.6 Å². The first-order valence-corrected chi connectivity index (χ1v) is 7.03. The Morgan fingerprint density at radius 2 is 2.44 bits per heavy atom. The Hall–Kier alpha value is -0.870. The Labute approximate surface area is 110 Å². The van der Waals surface area contributed by atoms with E-state index in [0.717, 1.165) is 31.8 Å². The minimum atomic E-state index is 0.361. The molecule has 3 unspecified atom stereocenters. The Bertz CT molecular complexity index is 364. The summed E-state index contributed by atoms with van der Waals surface area (Å²) in [6.45, 7) is 6.37. The van der Waals surface area contributed by atoms with Crippen molar-refractivity contribution >= 4 is 0 Å². The number of ether oxygens (including phenoxy) is 1. The highest BCUT2D eigenvalue weighted by atomic mass is 16.5. The molecule has 0 saturated carbocycles. The monoisotopic (exact) mass is 251 g/mol. The quantitative estimate of drug-likeness (QED) is 0.837. The van der Waals surface area contributed by atoms with Crippen LogP contribution in [0.25, 0.3) is 0 Å². The van der Waals surface area contributed by atoms with Gasteiger partial charge in [0.25, 0.3) is 0 Å². The average molecular weight is 251 g/mol. The number of rotatable bonds is 6. The lowest BCUT2D eigenvalue weighted by Gasteiger charge is -2.26. The number of hydrogen-bond donors (Lipinski definition) is 1. The third kappa shape index (κ3) is 3.12. The zero-order valence-corrected chi connectivity index (χ0v) is 11.7. The van der Waals surface area contributed by atoms with Gasteiger partial charge in [-0.25, -0.2) is 4.98 Å². The molecule has 1 saturated heterocycles. The number of nitrogens with zero attached hydrogens (tertiary/aromatic N) is 2. The molecular formula is C14H25N3O. The van der Waals surface area contributed by atoms with Crippen LogP contribution in [0.15, 0.2) is 12.4 Å². The van der Waals surface area contributed by atoms with E-state index in [9.17, 15) is 0 Å². The van der Waals surface area contributed by atoms with Gasteiger partial charge in [0.1, 0.15) is 5.82 Å². The molecule has 0 spiro atoms. The van der Waals surface area contributed by atoms with Crippen LogP contribution in [-0.2, 0) is 18.2 Å². The van der Waals surface area contributed by atoms with Crippen molar-refractivity contribution in [2.45, 2.75) is 45.3 Å². The molecule has 0 bridgehead atoms. The summed E-state index contributed by atoms with van der Waals surface area (Å²) in [4.78, 5) is 4.44. The van der Waals surface area contributed by atoms with Crippen LogP contribution in [-0.4, -0.2) is 34.8 Å². The summed E-state index contributed by atoms with van der Waals surface area (Å²) >= 11 is 0. The predicted molar refractivity (Wildman–Crippen MR) is 72.5 cm³/mol. The van der Waals surface area contributed by atoms with Crippen molar-refractivity contribution < 1.29 is 4.74 Å². The fraction of sp³-hybridized carbons (Fsp3) is 0.786. The summed E-state index contributed by atoms with van der Waals surface area (Å²) in [5.74, 6) is 1.76. The van der Waals surface area contributed by atoms with E-state index in [1.165, 1.54) is 6.42 Å². The molecule has 18 heavy (non-hydrogen) atoms. The highest BCUT2D eigenvalue weighted by Crippen LogP contribution is 2.25. The van der Waals surface area contributed by atoms with E-state index >= 15 is 0 Å². The second-order valence-corrected chi connectivity index (χ2v) is 5.25. The number of aromatic nitrogens is 2. The molecule has 1 fully saturated rings. The van der Waals surface area contributed by atoms with E-state index in [0.29, 0.717) is 18.1 Å². The van der Waals surface area contributed by atoms with Gasteiger partial charge in [-0.15, -0.1) is 0 Å². The summed E-state index contributed by atoms with van der Waals surface area (Å²) in [6, 6.07) is 0.476. The van der Waals surface area contributed by atoms with Crippen molar-refractivity contribution in [2.75, 3.05) is 13.2 Å². The Kier molecular flexibility index (Phi) is 4.78. The molecule has 1 N–H and O–H groups in total. The van der Waals surface area contributed by atoms with E-state index < -0.39 is 0 Å². The van der Waals surface area contributed by atoms with Crippen molar-refractivity contribution in [1.82, 2.24) is 14.9 Å². The van der Waals surface area contributed by atoms with Crippen LogP contribution in [0.4, 0.5) is 0 Å².